The second kappa shape index (κ2) is 9.04. The van der Waals surface area contributed by atoms with E-state index in [2.05, 4.69) is 4.98 Å². The second-order valence-electron chi connectivity index (χ2n) is 6.42. The number of aryl methyl sites for hydroxylation is 1. The SMILES string of the molecule is COc1ccc(-c2nc(C)c(C(=O)OC(C)C(=O)c3ccc(F)cc3)s2)cc1OC. The highest BCUT2D eigenvalue weighted by Gasteiger charge is 2.24. The molecule has 30 heavy (non-hydrogen) atoms. The number of Topliss-reactive ketones (excluding diaryl/α,β-unsaturated/α-hetero) is 1. The molecular formula is C22H20FNO5S. The van der Waals surface area contributed by atoms with Gasteiger partial charge in [-0.25, -0.2) is 14.2 Å². The van der Waals surface area contributed by atoms with Gasteiger partial charge in [0, 0.05) is 11.1 Å². The number of rotatable bonds is 7. The van der Waals surface area contributed by atoms with Gasteiger partial charge in [-0.3, -0.25) is 4.79 Å². The van der Waals surface area contributed by atoms with Crippen molar-refractivity contribution in [3.05, 3.63) is 64.4 Å². The minimum atomic E-state index is -1.02. The van der Waals surface area contributed by atoms with Crippen LogP contribution in [0.2, 0.25) is 0 Å². The Morgan fingerprint density at radius 3 is 2.33 bits per heavy atom. The number of esters is 1. The first kappa shape index (κ1) is 21.4. The molecule has 0 bridgehead atoms. The van der Waals surface area contributed by atoms with Gasteiger partial charge < -0.3 is 14.2 Å². The van der Waals surface area contributed by atoms with Gasteiger partial charge in [0.05, 0.1) is 19.9 Å². The number of ketones is 1. The van der Waals surface area contributed by atoms with Gasteiger partial charge in [-0.05, 0) is 56.3 Å². The zero-order chi connectivity index (χ0) is 21.8. The molecule has 0 amide bonds. The maximum atomic E-state index is 13.0. The third kappa shape index (κ3) is 4.49. The summed E-state index contributed by atoms with van der Waals surface area (Å²) >= 11 is 1.16. The van der Waals surface area contributed by atoms with Crippen LogP contribution in [0.1, 0.15) is 32.6 Å². The first-order valence-electron chi connectivity index (χ1n) is 9.04. The van der Waals surface area contributed by atoms with Crippen LogP contribution in [0.5, 0.6) is 11.5 Å². The molecule has 1 unspecified atom stereocenters. The summed E-state index contributed by atoms with van der Waals surface area (Å²) in [5, 5.41) is 0.609. The van der Waals surface area contributed by atoms with Gasteiger partial charge in [0.2, 0.25) is 5.78 Å². The second-order valence-corrected chi connectivity index (χ2v) is 7.42. The molecule has 0 aliphatic heterocycles. The fourth-order valence-electron chi connectivity index (χ4n) is 2.79. The maximum Gasteiger partial charge on any atom is 0.350 e. The van der Waals surface area contributed by atoms with Crippen molar-refractivity contribution in [3.63, 3.8) is 0 Å². The predicted octanol–water partition coefficient (Wildman–Crippen LogP) is 4.70. The molecule has 8 heteroatoms. The number of methoxy groups -OCH3 is 2. The predicted molar refractivity (Wildman–Crippen MR) is 111 cm³/mol. The minimum absolute atomic E-state index is 0.267. The van der Waals surface area contributed by atoms with E-state index in [1.807, 2.05) is 6.07 Å². The Labute approximate surface area is 177 Å². The van der Waals surface area contributed by atoms with E-state index in [-0.39, 0.29) is 5.56 Å². The lowest BCUT2D eigenvalue weighted by molar-refractivity contribution is 0.0322. The molecule has 0 spiro atoms. The van der Waals surface area contributed by atoms with Gasteiger partial charge in [0.15, 0.2) is 17.6 Å². The maximum absolute atomic E-state index is 13.0. The van der Waals surface area contributed by atoms with Gasteiger partial charge in [-0.1, -0.05) is 0 Å². The summed E-state index contributed by atoms with van der Waals surface area (Å²) in [7, 11) is 3.09. The number of ether oxygens (including phenoxy) is 3. The van der Waals surface area contributed by atoms with Crippen molar-refractivity contribution in [3.8, 4) is 22.1 Å². The highest BCUT2D eigenvalue weighted by atomic mass is 32.1. The van der Waals surface area contributed by atoms with E-state index in [0.717, 1.165) is 16.9 Å². The molecule has 156 valence electrons. The molecule has 0 radical (unpaired) electrons. The lowest BCUT2D eigenvalue weighted by Gasteiger charge is -2.11. The smallest absolute Gasteiger partial charge is 0.350 e. The minimum Gasteiger partial charge on any atom is -0.493 e. The van der Waals surface area contributed by atoms with E-state index in [1.165, 1.54) is 38.3 Å². The van der Waals surface area contributed by atoms with Crippen molar-refractivity contribution < 1.29 is 28.2 Å². The zero-order valence-electron chi connectivity index (χ0n) is 16.9. The summed E-state index contributed by atoms with van der Waals surface area (Å²) < 4.78 is 28.9. The Hall–Kier alpha value is -3.26. The van der Waals surface area contributed by atoms with Crippen LogP contribution in [0.4, 0.5) is 4.39 Å². The fraction of sp³-hybridized carbons (Fsp3) is 0.227. The number of nitrogens with zero attached hydrogens (tertiary/aromatic N) is 1. The lowest BCUT2D eigenvalue weighted by atomic mass is 10.1. The summed E-state index contributed by atoms with van der Waals surface area (Å²) in [6, 6.07) is 10.4. The van der Waals surface area contributed by atoms with Gasteiger partial charge >= 0.3 is 5.97 Å². The molecule has 1 atom stereocenters. The highest BCUT2D eigenvalue weighted by Crippen LogP contribution is 2.35. The monoisotopic (exact) mass is 429 g/mol. The van der Waals surface area contributed by atoms with Crippen molar-refractivity contribution in [1.82, 2.24) is 4.98 Å². The molecule has 1 heterocycles. The summed E-state index contributed by atoms with van der Waals surface area (Å²) in [5.41, 5.74) is 1.52. The Morgan fingerprint density at radius 1 is 1.03 bits per heavy atom. The van der Waals surface area contributed by atoms with E-state index in [9.17, 15) is 14.0 Å². The van der Waals surface area contributed by atoms with Crippen molar-refractivity contribution >= 4 is 23.1 Å². The van der Waals surface area contributed by atoms with Crippen molar-refractivity contribution in [1.29, 1.82) is 0 Å². The van der Waals surface area contributed by atoms with Crippen molar-refractivity contribution in [2.24, 2.45) is 0 Å². The number of aromatic nitrogens is 1. The molecule has 2 aromatic carbocycles. The van der Waals surface area contributed by atoms with Gasteiger partial charge in [0.1, 0.15) is 15.7 Å². The number of carbonyl (C=O) groups excluding carboxylic acids is 2. The molecule has 0 aliphatic rings. The van der Waals surface area contributed by atoms with E-state index >= 15 is 0 Å². The first-order valence-corrected chi connectivity index (χ1v) is 9.86. The summed E-state index contributed by atoms with van der Waals surface area (Å²) in [6.07, 6.45) is -1.02. The number of carbonyl (C=O) groups is 2. The van der Waals surface area contributed by atoms with Gasteiger partial charge in [-0.2, -0.15) is 0 Å². The van der Waals surface area contributed by atoms with Crippen LogP contribution in [0.3, 0.4) is 0 Å². The van der Waals surface area contributed by atoms with E-state index in [1.54, 1.807) is 26.2 Å². The molecule has 0 N–H and O–H groups in total. The van der Waals surface area contributed by atoms with Crippen molar-refractivity contribution in [2.75, 3.05) is 14.2 Å². The first-order chi connectivity index (χ1) is 14.3. The molecule has 6 nitrogen and oxygen atoms in total. The Kier molecular flexibility index (Phi) is 6.47. The van der Waals surface area contributed by atoms with E-state index < -0.39 is 23.7 Å². The van der Waals surface area contributed by atoms with Crippen LogP contribution in [-0.2, 0) is 4.74 Å². The van der Waals surface area contributed by atoms with E-state index in [4.69, 9.17) is 14.2 Å². The normalized spacial score (nSPS) is 11.6. The summed E-state index contributed by atoms with van der Waals surface area (Å²) in [5.74, 6) is -0.364. The third-order valence-electron chi connectivity index (χ3n) is 4.39. The number of benzene rings is 2. The molecule has 0 fully saturated rings. The molecule has 3 aromatic rings. The number of thiazole rings is 1. The molecular weight excluding hydrogens is 409 g/mol. The molecule has 1 aromatic heterocycles. The summed E-state index contributed by atoms with van der Waals surface area (Å²) in [4.78, 5) is 29.8. The Morgan fingerprint density at radius 2 is 1.70 bits per heavy atom. The van der Waals surface area contributed by atoms with Crippen molar-refractivity contribution in [2.45, 2.75) is 20.0 Å². The Balaban J connectivity index is 1.78. The van der Waals surface area contributed by atoms with Crippen LogP contribution in [0, 0.1) is 12.7 Å². The zero-order valence-corrected chi connectivity index (χ0v) is 17.7. The molecule has 3 rings (SSSR count). The Bertz CT molecular complexity index is 1080. The van der Waals surface area contributed by atoms with E-state index in [0.29, 0.717) is 27.1 Å². The largest absolute Gasteiger partial charge is 0.493 e. The fourth-order valence-corrected chi connectivity index (χ4v) is 3.74. The molecule has 0 saturated heterocycles. The van der Waals surface area contributed by atoms with Gasteiger partial charge in [-0.15, -0.1) is 11.3 Å². The van der Waals surface area contributed by atoms with Crippen LogP contribution in [0.25, 0.3) is 10.6 Å². The van der Waals surface area contributed by atoms with Gasteiger partial charge in [0.25, 0.3) is 0 Å². The summed E-state index contributed by atoms with van der Waals surface area (Å²) in [6.45, 7) is 3.18. The van der Waals surface area contributed by atoms with Crippen LogP contribution in [-0.4, -0.2) is 37.1 Å². The highest BCUT2D eigenvalue weighted by molar-refractivity contribution is 7.17. The topological polar surface area (TPSA) is 74.7 Å². The number of hydrogen-bond donors (Lipinski definition) is 0. The standard InChI is InChI=1S/C22H20FNO5S/c1-12-20(22(26)29-13(2)19(25)14-5-8-16(23)9-6-14)30-21(24-12)15-7-10-17(27-3)18(11-15)28-4/h5-11,13H,1-4H3. The third-order valence-corrected chi connectivity index (χ3v) is 5.58. The average molecular weight is 429 g/mol. The quantitative estimate of drug-likeness (QED) is 0.400. The van der Waals surface area contributed by atoms with Crippen LogP contribution in [0.15, 0.2) is 42.5 Å². The van der Waals surface area contributed by atoms with Crippen LogP contribution >= 0.6 is 11.3 Å². The lowest BCUT2D eigenvalue weighted by Crippen LogP contribution is -2.24. The average Bonchev–Trinajstić information content (AvgIpc) is 3.14. The number of halogens is 1. The van der Waals surface area contributed by atoms with Crippen LogP contribution < -0.4 is 9.47 Å². The number of hydrogen-bond acceptors (Lipinski definition) is 7. The molecule has 0 aliphatic carbocycles. The molecule has 0 saturated carbocycles.